The molecule has 0 aliphatic carbocycles. The summed E-state index contributed by atoms with van der Waals surface area (Å²) in [6.07, 6.45) is 0.988. The highest BCUT2D eigenvalue weighted by Crippen LogP contribution is 2.20. The van der Waals surface area contributed by atoms with Gasteiger partial charge in [-0.1, -0.05) is 6.92 Å². The molecule has 22 heavy (non-hydrogen) atoms. The fourth-order valence-corrected chi connectivity index (χ4v) is 2.38. The summed E-state index contributed by atoms with van der Waals surface area (Å²) in [5.74, 6) is 0.550. The van der Waals surface area contributed by atoms with Gasteiger partial charge in [-0.15, -0.1) is 0 Å². The van der Waals surface area contributed by atoms with Crippen molar-refractivity contribution in [3.05, 3.63) is 23.1 Å². The van der Waals surface area contributed by atoms with E-state index in [4.69, 9.17) is 0 Å². The molecule has 0 aliphatic rings. The van der Waals surface area contributed by atoms with Crippen molar-refractivity contribution in [2.75, 3.05) is 10.6 Å². The quantitative estimate of drug-likeness (QED) is 0.911. The number of hydrogen-bond acceptors (Lipinski definition) is 3. The molecule has 0 aliphatic heterocycles. The third kappa shape index (κ3) is 3.13. The smallest absolute Gasteiger partial charge is 0.304 e. The van der Waals surface area contributed by atoms with Gasteiger partial charge in [0.05, 0.1) is 17.1 Å². The number of urea groups is 1. The second-order valence-electron chi connectivity index (χ2n) is 5.62. The second-order valence-corrected chi connectivity index (χ2v) is 5.62. The van der Waals surface area contributed by atoms with Gasteiger partial charge in [-0.3, -0.25) is 14.7 Å². The lowest BCUT2D eigenvalue weighted by atomic mass is 10.2. The van der Waals surface area contributed by atoms with E-state index in [1.165, 1.54) is 0 Å². The zero-order valence-electron chi connectivity index (χ0n) is 14.1. The lowest BCUT2D eigenvalue weighted by Gasteiger charge is -2.11. The van der Waals surface area contributed by atoms with Crippen molar-refractivity contribution in [1.29, 1.82) is 0 Å². The molecule has 1 atom stereocenters. The fraction of sp³-hybridized carbons (Fsp3) is 0.533. The summed E-state index contributed by atoms with van der Waals surface area (Å²) >= 11 is 0. The largest absolute Gasteiger partial charge is 0.325 e. The highest BCUT2D eigenvalue weighted by molar-refractivity contribution is 5.99. The predicted octanol–water partition coefficient (Wildman–Crippen LogP) is 3.16. The Morgan fingerprint density at radius 2 is 1.95 bits per heavy atom. The van der Waals surface area contributed by atoms with E-state index in [1.54, 1.807) is 4.68 Å². The van der Waals surface area contributed by atoms with E-state index < -0.39 is 0 Å². The van der Waals surface area contributed by atoms with E-state index in [1.807, 2.05) is 38.6 Å². The standard InChI is InChI=1S/C15H24N6O/c1-7-9(2)21-10(3)8-13(19-21)16-15(22)17-14-11(4)18-20(6)12(14)5/h8-9H,7H2,1-6H3,(H2,16,17,19,22). The Balaban J connectivity index is 2.09. The van der Waals surface area contributed by atoms with Gasteiger partial charge in [-0.2, -0.15) is 10.2 Å². The molecule has 120 valence electrons. The first-order valence-corrected chi connectivity index (χ1v) is 7.47. The lowest BCUT2D eigenvalue weighted by Crippen LogP contribution is -2.20. The monoisotopic (exact) mass is 304 g/mol. The molecule has 0 spiro atoms. The molecule has 7 nitrogen and oxygen atoms in total. The normalized spacial score (nSPS) is 12.3. The maximum absolute atomic E-state index is 12.1. The van der Waals surface area contributed by atoms with Gasteiger partial charge < -0.3 is 5.32 Å². The minimum absolute atomic E-state index is 0.307. The zero-order valence-corrected chi connectivity index (χ0v) is 14.1. The lowest BCUT2D eigenvalue weighted by molar-refractivity contribution is 0.262. The minimum Gasteiger partial charge on any atom is -0.304 e. The summed E-state index contributed by atoms with van der Waals surface area (Å²) in [7, 11) is 1.85. The number of carbonyl (C=O) groups excluding carboxylic acids is 1. The molecule has 2 amide bonds. The van der Waals surface area contributed by atoms with Gasteiger partial charge in [0.25, 0.3) is 0 Å². The van der Waals surface area contributed by atoms with Crippen LogP contribution < -0.4 is 10.6 Å². The molecule has 0 saturated carbocycles. The molecule has 2 aromatic heterocycles. The van der Waals surface area contributed by atoms with Gasteiger partial charge in [0.1, 0.15) is 0 Å². The first-order valence-electron chi connectivity index (χ1n) is 7.47. The number of hydrogen-bond donors (Lipinski definition) is 2. The average molecular weight is 304 g/mol. The maximum atomic E-state index is 12.1. The van der Waals surface area contributed by atoms with Crippen molar-refractivity contribution >= 4 is 17.5 Å². The topological polar surface area (TPSA) is 76.8 Å². The van der Waals surface area contributed by atoms with Gasteiger partial charge in [-0.05, 0) is 34.1 Å². The van der Waals surface area contributed by atoms with E-state index >= 15 is 0 Å². The molecule has 0 radical (unpaired) electrons. The zero-order chi connectivity index (χ0) is 16.4. The number of aromatic nitrogens is 4. The van der Waals surface area contributed by atoms with Crippen LogP contribution in [0.2, 0.25) is 0 Å². The SMILES string of the molecule is CCC(C)n1nc(NC(=O)Nc2c(C)nn(C)c2C)cc1C. The van der Waals surface area contributed by atoms with E-state index in [0.29, 0.717) is 11.9 Å². The molecule has 2 heterocycles. The first-order chi connectivity index (χ1) is 10.3. The molecule has 1 unspecified atom stereocenters. The van der Waals surface area contributed by atoms with Crippen LogP contribution in [0.4, 0.5) is 16.3 Å². The summed E-state index contributed by atoms with van der Waals surface area (Å²) in [6.45, 7) is 9.98. The molecule has 2 rings (SSSR count). The Morgan fingerprint density at radius 1 is 1.27 bits per heavy atom. The third-order valence-electron chi connectivity index (χ3n) is 3.92. The van der Waals surface area contributed by atoms with Crippen molar-refractivity contribution in [3.63, 3.8) is 0 Å². The Labute approximate surface area is 130 Å². The van der Waals surface area contributed by atoms with Crippen LogP contribution in [0.5, 0.6) is 0 Å². The number of rotatable bonds is 4. The molecule has 2 aromatic rings. The van der Waals surface area contributed by atoms with Crippen LogP contribution in [-0.2, 0) is 7.05 Å². The summed E-state index contributed by atoms with van der Waals surface area (Å²) in [5.41, 5.74) is 3.46. The number of aryl methyl sites for hydroxylation is 3. The summed E-state index contributed by atoms with van der Waals surface area (Å²) in [5, 5.41) is 14.3. The second kappa shape index (κ2) is 6.21. The molecule has 0 saturated heterocycles. The van der Waals surface area contributed by atoms with Crippen LogP contribution in [0.25, 0.3) is 0 Å². The van der Waals surface area contributed by atoms with Crippen molar-refractivity contribution in [1.82, 2.24) is 19.6 Å². The van der Waals surface area contributed by atoms with Crippen molar-refractivity contribution in [2.24, 2.45) is 7.05 Å². The third-order valence-corrected chi connectivity index (χ3v) is 3.92. The minimum atomic E-state index is -0.312. The summed E-state index contributed by atoms with van der Waals surface area (Å²) in [6, 6.07) is 1.86. The van der Waals surface area contributed by atoms with Crippen LogP contribution in [0.1, 0.15) is 43.4 Å². The van der Waals surface area contributed by atoms with Gasteiger partial charge in [-0.25, -0.2) is 4.79 Å². The summed E-state index contributed by atoms with van der Waals surface area (Å²) in [4.78, 5) is 12.1. The number of anilines is 2. The van der Waals surface area contributed by atoms with Crippen molar-refractivity contribution < 1.29 is 4.79 Å². The average Bonchev–Trinajstić information content (AvgIpc) is 2.93. The number of carbonyl (C=O) groups is 1. The maximum Gasteiger partial charge on any atom is 0.325 e. The highest BCUT2D eigenvalue weighted by Gasteiger charge is 2.14. The van der Waals surface area contributed by atoms with E-state index in [0.717, 1.165) is 29.2 Å². The Kier molecular flexibility index (Phi) is 4.54. The van der Waals surface area contributed by atoms with Crippen LogP contribution in [0.3, 0.4) is 0 Å². The van der Waals surface area contributed by atoms with E-state index in [9.17, 15) is 4.79 Å². The molecule has 2 N–H and O–H groups in total. The summed E-state index contributed by atoms with van der Waals surface area (Å²) < 4.78 is 3.67. The van der Waals surface area contributed by atoms with Crippen LogP contribution in [0, 0.1) is 20.8 Å². The Bertz CT molecular complexity index is 685. The van der Waals surface area contributed by atoms with Gasteiger partial charge >= 0.3 is 6.03 Å². The molecule has 7 heteroatoms. The number of nitrogens with zero attached hydrogens (tertiary/aromatic N) is 4. The van der Waals surface area contributed by atoms with E-state index in [-0.39, 0.29) is 6.03 Å². The Hall–Kier alpha value is -2.31. The van der Waals surface area contributed by atoms with Crippen LogP contribution in [0.15, 0.2) is 6.07 Å². The molecule has 0 aromatic carbocycles. The van der Waals surface area contributed by atoms with Crippen LogP contribution >= 0.6 is 0 Å². The van der Waals surface area contributed by atoms with Crippen molar-refractivity contribution in [2.45, 2.75) is 47.1 Å². The predicted molar refractivity (Wildman–Crippen MR) is 87.3 cm³/mol. The van der Waals surface area contributed by atoms with Crippen LogP contribution in [-0.4, -0.2) is 25.6 Å². The van der Waals surface area contributed by atoms with Crippen molar-refractivity contribution in [3.8, 4) is 0 Å². The molecular formula is C15H24N6O. The van der Waals surface area contributed by atoms with Gasteiger partial charge in [0.2, 0.25) is 0 Å². The first kappa shape index (κ1) is 16.1. The Morgan fingerprint density at radius 3 is 2.50 bits per heavy atom. The highest BCUT2D eigenvalue weighted by atomic mass is 16.2. The fourth-order valence-electron chi connectivity index (χ4n) is 2.38. The van der Waals surface area contributed by atoms with E-state index in [2.05, 4.69) is 34.7 Å². The molecule has 0 fully saturated rings. The van der Waals surface area contributed by atoms with Gasteiger partial charge in [0, 0.05) is 24.8 Å². The number of amides is 2. The molecular weight excluding hydrogens is 280 g/mol. The van der Waals surface area contributed by atoms with Gasteiger partial charge in [0.15, 0.2) is 5.82 Å². The molecule has 0 bridgehead atoms. The number of nitrogens with one attached hydrogen (secondary N) is 2.